The zero-order valence-electron chi connectivity index (χ0n) is 18.4. The number of aromatic nitrogens is 3. The number of likely N-dealkylation sites (tertiary alicyclic amines) is 1. The van der Waals surface area contributed by atoms with Crippen LogP contribution >= 0.6 is 0 Å². The molecule has 0 unspecified atom stereocenters. The molecule has 0 aromatic carbocycles. The smallest absolute Gasteiger partial charge is 0.255 e. The maximum absolute atomic E-state index is 13.3. The fraction of sp³-hybridized carbons (Fsp3) is 0.500. The maximum Gasteiger partial charge on any atom is 0.255 e. The summed E-state index contributed by atoms with van der Waals surface area (Å²) in [6, 6.07) is 6.30. The molecule has 2 aliphatic rings. The molecule has 0 N–H and O–H groups in total. The van der Waals surface area contributed by atoms with Gasteiger partial charge in [0, 0.05) is 75.3 Å². The molecule has 164 valence electrons. The normalized spacial score (nSPS) is 20.9. The molecule has 1 saturated heterocycles. The number of rotatable bonds is 7. The third-order valence-corrected chi connectivity index (χ3v) is 6.73. The Kier molecular flexibility index (Phi) is 5.54. The van der Waals surface area contributed by atoms with Gasteiger partial charge in [0.05, 0.1) is 18.7 Å². The van der Waals surface area contributed by atoms with Crippen LogP contribution in [0.5, 0.6) is 0 Å². The molecule has 3 aromatic rings. The third-order valence-electron chi connectivity index (χ3n) is 6.73. The summed E-state index contributed by atoms with van der Waals surface area (Å²) in [6.45, 7) is 5.39. The largest absolute Gasteiger partial charge is 0.472 e. The van der Waals surface area contributed by atoms with Crippen LogP contribution in [0.3, 0.4) is 0 Å². The van der Waals surface area contributed by atoms with Crippen molar-refractivity contribution in [2.45, 2.75) is 38.4 Å². The van der Waals surface area contributed by atoms with Crippen molar-refractivity contribution in [1.29, 1.82) is 0 Å². The lowest BCUT2D eigenvalue weighted by atomic mass is 9.83. The van der Waals surface area contributed by atoms with Gasteiger partial charge in [0.25, 0.3) is 5.56 Å². The molecule has 5 heterocycles. The van der Waals surface area contributed by atoms with Gasteiger partial charge in [0.15, 0.2) is 0 Å². The first kappa shape index (κ1) is 20.3. The Balaban J connectivity index is 1.26. The summed E-state index contributed by atoms with van der Waals surface area (Å²) in [5.41, 5.74) is 4.75. The first-order chi connectivity index (χ1) is 15.0. The average Bonchev–Trinajstić information content (AvgIpc) is 3.40. The van der Waals surface area contributed by atoms with Crippen molar-refractivity contribution in [1.82, 2.24) is 24.1 Å². The number of fused-ring (bicyclic) bond motifs is 4. The number of aryl methyl sites for hydroxylation is 1. The summed E-state index contributed by atoms with van der Waals surface area (Å²) in [6.07, 6.45) is 9.66. The lowest BCUT2D eigenvalue weighted by molar-refractivity contribution is 0.114. The molecule has 0 spiro atoms. The molecule has 0 saturated carbocycles. The second kappa shape index (κ2) is 8.48. The minimum atomic E-state index is 0.198. The summed E-state index contributed by atoms with van der Waals surface area (Å²) in [5, 5.41) is 4.23. The topological polar surface area (TPSA) is 59.4 Å². The van der Waals surface area contributed by atoms with Crippen molar-refractivity contribution in [3.05, 3.63) is 75.9 Å². The van der Waals surface area contributed by atoms with Gasteiger partial charge in [-0.2, -0.15) is 5.10 Å². The molecule has 3 aromatic heterocycles. The molecule has 0 radical (unpaired) electrons. The highest BCUT2D eigenvalue weighted by molar-refractivity contribution is 5.22. The number of hydrogen-bond donors (Lipinski definition) is 0. The lowest BCUT2D eigenvalue weighted by Gasteiger charge is -2.43. The van der Waals surface area contributed by atoms with Crippen molar-refractivity contribution in [3.8, 4) is 0 Å². The van der Waals surface area contributed by atoms with E-state index in [2.05, 4.69) is 44.8 Å². The zero-order valence-corrected chi connectivity index (χ0v) is 18.4. The van der Waals surface area contributed by atoms with Crippen LogP contribution in [0.25, 0.3) is 0 Å². The van der Waals surface area contributed by atoms with E-state index in [0.29, 0.717) is 18.4 Å². The van der Waals surface area contributed by atoms with Crippen LogP contribution in [0, 0.1) is 5.92 Å². The SMILES string of the molecule is CN(CCc1cnn(C)c1)Cc1ccc2n(c1=O)C[C@H]1C[C@@H]2CN(Cc2ccoc2)C1. The first-order valence-corrected chi connectivity index (χ1v) is 11.2. The van der Waals surface area contributed by atoms with Crippen molar-refractivity contribution in [2.75, 3.05) is 26.7 Å². The number of piperidine rings is 1. The Hall–Kier alpha value is -2.64. The Morgan fingerprint density at radius 1 is 1.19 bits per heavy atom. The predicted octanol–water partition coefficient (Wildman–Crippen LogP) is 2.47. The molecule has 5 rings (SSSR count). The molecular weight excluding hydrogens is 390 g/mol. The molecule has 7 nitrogen and oxygen atoms in total. The van der Waals surface area contributed by atoms with Gasteiger partial charge in [-0.3, -0.25) is 14.4 Å². The summed E-state index contributed by atoms with van der Waals surface area (Å²) in [7, 11) is 4.02. The summed E-state index contributed by atoms with van der Waals surface area (Å²) < 4.78 is 9.13. The van der Waals surface area contributed by atoms with E-state index in [4.69, 9.17) is 4.42 Å². The molecule has 2 bridgehead atoms. The minimum absolute atomic E-state index is 0.198. The van der Waals surface area contributed by atoms with E-state index in [-0.39, 0.29) is 5.56 Å². The first-order valence-electron chi connectivity index (χ1n) is 11.2. The summed E-state index contributed by atoms with van der Waals surface area (Å²) >= 11 is 0. The second-order valence-corrected chi connectivity index (χ2v) is 9.33. The lowest BCUT2D eigenvalue weighted by Crippen LogP contribution is -2.47. The summed E-state index contributed by atoms with van der Waals surface area (Å²) in [5.74, 6) is 0.971. The van der Waals surface area contributed by atoms with Gasteiger partial charge in [-0.1, -0.05) is 6.07 Å². The number of hydrogen-bond acceptors (Lipinski definition) is 5. The second-order valence-electron chi connectivity index (χ2n) is 9.33. The quantitative estimate of drug-likeness (QED) is 0.587. The van der Waals surface area contributed by atoms with Gasteiger partial charge >= 0.3 is 0 Å². The van der Waals surface area contributed by atoms with Crippen molar-refractivity contribution < 1.29 is 4.42 Å². The highest BCUT2D eigenvalue weighted by Crippen LogP contribution is 2.35. The van der Waals surface area contributed by atoms with Gasteiger partial charge in [0.1, 0.15) is 0 Å². The number of pyridine rings is 1. The van der Waals surface area contributed by atoms with E-state index in [1.807, 2.05) is 30.3 Å². The van der Waals surface area contributed by atoms with E-state index >= 15 is 0 Å². The standard InChI is InChI=1S/C24H31N5O2/c1-26(7-5-18-10-25-27(2)11-18)15-21-3-4-23-22-9-20(14-29(23)24(21)30)13-28(16-22)12-19-6-8-31-17-19/h3-4,6,8,10-11,17,20,22H,5,7,9,12-16H2,1-2H3/t20-,22+/m0/s1. The van der Waals surface area contributed by atoms with Crippen LogP contribution in [0.15, 0.2) is 52.3 Å². The summed E-state index contributed by atoms with van der Waals surface area (Å²) in [4.78, 5) is 18.0. The van der Waals surface area contributed by atoms with Crippen LogP contribution in [-0.2, 0) is 33.1 Å². The van der Waals surface area contributed by atoms with Crippen molar-refractivity contribution >= 4 is 0 Å². The van der Waals surface area contributed by atoms with Gasteiger partial charge < -0.3 is 13.9 Å². The van der Waals surface area contributed by atoms with Crippen molar-refractivity contribution in [3.63, 3.8) is 0 Å². The van der Waals surface area contributed by atoms with Gasteiger partial charge in [0.2, 0.25) is 0 Å². The number of nitrogens with zero attached hydrogens (tertiary/aromatic N) is 5. The van der Waals surface area contributed by atoms with E-state index in [0.717, 1.165) is 44.7 Å². The Labute approximate surface area is 182 Å². The molecule has 2 atom stereocenters. The molecule has 2 aliphatic heterocycles. The number of likely N-dealkylation sites (N-methyl/N-ethyl adjacent to an activating group) is 1. The van der Waals surface area contributed by atoms with Crippen LogP contribution in [-0.4, -0.2) is 50.8 Å². The van der Waals surface area contributed by atoms with Crippen LogP contribution in [0.1, 0.15) is 34.7 Å². The van der Waals surface area contributed by atoms with E-state index in [1.54, 1.807) is 6.26 Å². The van der Waals surface area contributed by atoms with Gasteiger partial charge in [-0.25, -0.2) is 0 Å². The van der Waals surface area contributed by atoms with E-state index in [1.165, 1.54) is 23.2 Å². The number of furan rings is 1. The predicted molar refractivity (Wildman–Crippen MR) is 119 cm³/mol. The van der Waals surface area contributed by atoms with Gasteiger partial charge in [-0.05, 0) is 43.5 Å². The Bertz CT molecular complexity index is 1080. The zero-order chi connectivity index (χ0) is 21.4. The van der Waals surface area contributed by atoms with Crippen LogP contribution in [0.2, 0.25) is 0 Å². The highest BCUT2D eigenvalue weighted by atomic mass is 16.3. The maximum atomic E-state index is 13.3. The molecular formula is C24H31N5O2. The monoisotopic (exact) mass is 421 g/mol. The van der Waals surface area contributed by atoms with E-state index in [9.17, 15) is 4.79 Å². The Morgan fingerprint density at radius 3 is 2.87 bits per heavy atom. The Morgan fingerprint density at radius 2 is 2.10 bits per heavy atom. The molecule has 0 amide bonds. The average molecular weight is 422 g/mol. The molecule has 0 aliphatic carbocycles. The minimum Gasteiger partial charge on any atom is -0.472 e. The molecule has 31 heavy (non-hydrogen) atoms. The van der Waals surface area contributed by atoms with E-state index < -0.39 is 0 Å². The molecule has 7 heteroatoms. The van der Waals surface area contributed by atoms with Crippen LogP contribution < -0.4 is 5.56 Å². The third kappa shape index (κ3) is 4.38. The van der Waals surface area contributed by atoms with Crippen LogP contribution in [0.4, 0.5) is 0 Å². The molecule has 1 fully saturated rings. The van der Waals surface area contributed by atoms with Crippen molar-refractivity contribution in [2.24, 2.45) is 13.0 Å². The van der Waals surface area contributed by atoms with Gasteiger partial charge in [-0.15, -0.1) is 0 Å². The fourth-order valence-corrected chi connectivity index (χ4v) is 5.27. The highest BCUT2D eigenvalue weighted by Gasteiger charge is 2.35. The fourth-order valence-electron chi connectivity index (χ4n) is 5.27.